The summed E-state index contributed by atoms with van der Waals surface area (Å²) in [4.78, 5) is 14.6. The quantitative estimate of drug-likeness (QED) is 0.461. The van der Waals surface area contributed by atoms with Crippen LogP contribution in [0.5, 0.6) is 0 Å². The number of likely N-dealkylation sites (tertiary alicyclic amines) is 1. The molecule has 0 aromatic heterocycles. The fourth-order valence-corrected chi connectivity index (χ4v) is 3.56. The molecule has 2 nitrogen and oxygen atoms in total. The van der Waals surface area contributed by atoms with E-state index in [1.54, 1.807) is 0 Å². The second-order valence-corrected chi connectivity index (χ2v) is 6.65. The van der Waals surface area contributed by atoms with Gasteiger partial charge in [-0.25, -0.2) is 0 Å². The van der Waals surface area contributed by atoms with Crippen molar-refractivity contribution in [3.63, 3.8) is 0 Å². The molecule has 1 fully saturated rings. The van der Waals surface area contributed by atoms with E-state index in [1.807, 2.05) is 30.3 Å². The molecule has 0 aliphatic carbocycles. The van der Waals surface area contributed by atoms with Gasteiger partial charge in [-0.05, 0) is 30.7 Å². The zero-order valence-electron chi connectivity index (χ0n) is 13.2. The van der Waals surface area contributed by atoms with Crippen molar-refractivity contribution < 1.29 is 4.79 Å². The van der Waals surface area contributed by atoms with Crippen molar-refractivity contribution in [1.29, 1.82) is 0 Å². The normalized spacial score (nSPS) is 17.8. The molecule has 120 valence electrons. The second kappa shape index (κ2) is 7.76. The van der Waals surface area contributed by atoms with Crippen LogP contribution < -0.4 is 0 Å². The van der Waals surface area contributed by atoms with Crippen LogP contribution in [0.25, 0.3) is 0 Å². The maximum absolute atomic E-state index is 12.4. The van der Waals surface area contributed by atoms with Crippen LogP contribution in [0.2, 0.25) is 0 Å². The van der Waals surface area contributed by atoms with E-state index < -0.39 is 5.50 Å². The molecule has 0 N–H and O–H groups in total. The van der Waals surface area contributed by atoms with Crippen LogP contribution in [0.4, 0.5) is 0 Å². The molecule has 1 heterocycles. The average molecular weight is 328 g/mol. The molecular weight excluding hydrogens is 306 g/mol. The summed E-state index contributed by atoms with van der Waals surface area (Å²) in [5.41, 5.74) is 1.54. The van der Waals surface area contributed by atoms with Crippen molar-refractivity contribution in [2.45, 2.75) is 24.8 Å². The van der Waals surface area contributed by atoms with Gasteiger partial charge >= 0.3 is 0 Å². The van der Waals surface area contributed by atoms with Crippen LogP contribution >= 0.6 is 11.6 Å². The summed E-state index contributed by atoms with van der Waals surface area (Å²) in [7, 11) is 0. The fourth-order valence-electron chi connectivity index (χ4n) is 3.24. The van der Waals surface area contributed by atoms with Crippen molar-refractivity contribution in [2.24, 2.45) is 5.92 Å². The number of piperidine rings is 1. The number of hydrogen-bond donors (Lipinski definition) is 0. The Hall–Kier alpha value is -1.64. The van der Waals surface area contributed by atoms with Crippen molar-refractivity contribution in [3.05, 3.63) is 71.8 Å². The minimum Gasteiger partial charge on any atom is -0.291 e. The summed E-state index contributed by atoms with van der Waals surface area (Å²) >= 11 is 6.43. The number of halogens is 1. The van der Waals surface area contributed by atoms with Crippen LogP contribution in [0.3, 0.4) is 0 Å². The van der Waals surface area contributed by atoms with E-state index in [4.69, 9.17) is 11.6 Å². The van der Waals surface area contributed by atoms with E-state index in [9.17, 15) is 4.79 Å². The lowest BCUT2D eigenvalue weighted by Crippen LogP contribution is -2.43. The predicted molar refractivity (Wildman–Crippen MR) is 94.9 cm³/mol. The van der Waals surface area contributed by atoms with Gasteiger partial charge in [-0.3, -0.25) is 9.69 Å². The van der Waals surface area contributed by atoms with Crippen LogP contribution in [0, 0.1) is 5.92 Å². The number of ketones is 1. The summed E-state index contributed by atoms with van der Waals surface area (Å²) in [6, 6.07) is 20.0. The highest BCUT2D eigenvalue weighted by atomic mass is 35.5. The maximum Gasteiger partial charge on any atom is 0.195 e. The minimum atomic E-state index is -0.546. The Bertz CT molecular complexity index is 621. The smallest absolute Gasteiger partial charge is 0.195 e. The fraction of sp³-hybridized carbons (Fsp3) is 0.350. The van der Waals surface area contributed by atoms with Gasteiger partial charge in [-0.1, -0.05) is 72.3 Å². The molecule has 2 aromatic rings. The molecule has 0 radical (unpaired) electrons. The zero-order valence-corrected chi connectivity index (χ0v) is 14.0. The second-order valence-electron chi connectivity index (χ2n) is 6.24. The number of rotatable bonds is 5. The number of alkyl halides is 1. The molecular formula is C20H22ClNO. The Balaban J connectivity index is 1.53. The summed E-state index contributed by atoms with van der Waals surface area (Å²) in [6.07, 6.45) is 3.31. The third-order valence-electron chi connectivity index (χ3n) is 4.61. The third-order valence-corrected chi connectivity index (χ3v) is 5.09. The predicted octanol–water partition coefficient (Wildman–Crippen LogP) is 4.39. The first-order valence-electron chi connectivity index (χ1n) is 8.25. The summed E-state index contributed by atoms with van der Waals surface area (Å²) in [5.74, 6) is 0.693. The lowest BCUT2D eigenvalue weighted by Gasteiger charge is -2.34. The van der Waals surface area contributed by atoms with E-state index in [2.05, 4.69) is 35.2 Å². The number of Topliss-reactive ketones (excluding diaryl/α,β-unsaturated/α-hetero) is 1. The molecule has 3 rings (SSSR count). The van der Waals surface area contributed by atoms with Crippen molar-refractivity contribution in [1.82, 2.24) is 4.90 Å². The van der Waals surface area contributed by atoms with Gasteiger partial charge in [0.15, 0.2) is 5.78 Å². The Morgan fingerprint density at radius 3 is 2.17 bits per heavy atom. The van der Waals surface area contributed by atoms with E-state index >= 15 is 0 Å². The molecule has 23 heavy (non-hydrogen) atoms. The SMILES string of the molecule is O=C(c1ccccc1)C(Cl)N1CCC(Cc2ccccc2)CC1. The first-order chi connectivity index (χ1) is 11.2. The molecule has 3 heteroatoms. The molecule has 1 unspecified atom stereocenters. The Labute approximate surface area is 143 Å². The highest BCUT2D eigenvalue weighted by Gasteiger charge is 2.28. The van der Waals surface area contributed by atoms with Gasteiger partial charge < -0.3 is 0 Å². The van der Waals surface area contributed by atoms with Gasteiger partial charge in [0.25, 0.3) is 0 Å². The maximum atomic E-state index is 12.4. The molecule has 0 amide bonds. The Morgan fingerprint density at radius 2 is 1.57 bits per heavy atom. The molecule has 2 aromatic carbocycles. The number of nitrogens with zero attached hydrogens (tertiary/aromatic N) is 1. The average Bonchev–Trinajstić information content (AvgIpc) is 2.63. The zero-order chi connectivity index (χ0) is 16.1. The summed E-state index contributed by atoms with van der Waals surface area (Å²) in [5, 5.41) is 0. The summed E-state index contributed by atoms with van der Waals surface area (Å²) in [6.45, 7) is 1.79. The van der Waals surface area contributed by atoms with E-state index in [-0.39, 0.29) is 5.78 Å². The topological polar surface area (TPSA) is 20.3 Å². The third kappa shape index (κ3) is 4.21. The van der Waals surface area contributed by atoms with Crippen molar-refractivity contribution >= 4 is 17.4 Å². The molecule has 0 spiro atoms. The number of benzene rings is 2. The van der Waals surface area contributed by atoms with Gasteiger partial charge in [-0.15, -0.1) is 0 Å². The first kappa shape index (κ1) is 16.2. The van der Waals surface area contributed by atoms with Crippen LogP contribution in [0.15, 0.2) is 60.7 Å². The number of carbonyl (C=O) groups is 1. The van der Waals surface area contributed by atoms with Crippen LogP contribution in [0.1, 0.15) is 28.8 Å². The van der Waals surface area contributed by atoms with Crippen molar-refractivity contribution in [3.8, 4) is 0 Å². The van der Waals surface area contributed by atoms with Gasteiger partial charge in [0.1, 0.15) is 5.50 Å². The van der Waals surface area contributed by atoms with Crippen molar-refractivity contribution in [2.75, 3.05) is 13.1 Å². The Morgan fingerprint density at radius 1 is 1.00 bits per heavy atom. The lowest BCUT2D eigenvalue weighted by atomic mass is 9.90. The molecule has 1 atom stereocenters. The highest BCUT2D eigenvalue weighted by molar-refractivity contribution is 6.33. The molecule has 0 saturated carbocycles. The van der Waals surface area contributed by atoms with Gasteiger partial charge in [0.2, 0.25) is 0 Å². The van der Waals surface area contributed by atoms with Crippen LogP contribution in [-0.2, 0) is 6.42 Å². The minimum absolute atomic E-state index is 0.00813. The van der Waals surface area contributed by atoms with Gasteiger partial charge in [0, 0.05) is 18.7 Å². The molecule has 1 aliphatic rings. The number of carbonyl (C=O) groups excluding carboxylic acids is 1. The standard InChI is InChI=1S/C20H22ClNO/c21-20(19(23)18-9-5-2-6-10-18)22-13-11-17(12-14-22)15-16-7-3-1-4-8-16/h1-10,17,20H,11-15H2. The van der Waals surface area contributed by atoms with E-state index in [0.29, 0.717) is 11.5 Å². The number of hydrogen-bond acceptors (Lipinski definition) is 2. The molecule has 1 saturated heterocycles. The van der Waals surface area contributed by atoms with E-state index in [0.717, 1.165) is 32.4 Å². The molecule has 0 bridgehead atoms. The van der Waals surface area contributed by atoms with E-state index in [1.165, 1.54) is 5.56 Å². The van der Waals surface area contributed by atoms with Gasteiger partial charge in [-0.2, -0.15) is 0 Å². The first-order valence-corrected chi connectivity index (χ1v) is 8.69. The van der Waals surface area contributed by atoms with Crippen LogP contribution in [-0.4, -0.2) is 29.3 Å². The Kier molecular flexibility index (Phi) is 5.47. The largest absolute Gasteiger partial charge is 0.291 e. The monoisotopic (exact) mass is 327 g/mol. The molecule has 1 aliphatic heterocycles. The summed E-state index contributed by atoms with van der Waals surface area (Å²) < 4.78 is 0. The highest BCUT2D eigenvalue weighted by Crippen LogP contribution is 2.25. The van der Waals surface area contributed by atoms with Gasteiger partial charge in [0.05, 0.1) is 0 Å². The lowest BCUT2D eigenvalue weighted by molar-refractivity contribution is 0.0851.